The van der Waals surface area contributed by atoms with Crippen molar-refractivity contribution >= 4 is 5.91 Å². The van der Waals surface area contributed by atoms with E-state index in [1.165, 1.54) is 18.4 Å². The molecule has 1 aromatic rings. The predicted octanol–water partition coefficient (Wildman–Crippen LogP) is 0.203. The van der Waals surface area contributed by atoms with E-state index in [9.17, 15) is 9.59 Å². The third-order valence-electron chi connectivity index (χ3n) is 2.77. The van der Waals surface area contributed by atoms with Gasteiger partial charge >= 0.3 is 5.63 Å². The Hall–Kier alpha value is -1.62. The van der Waals surface area contributed by atoms with Crippen LogP contribution >= 0.6 is 0 Å². The average molecular weight is 222 g/mol. The molecule has 0 unspecified atom stereocenters. The average Bonchev–Trinajstić information content (AvgIpc) is 2.30. The molecular formula is C11H14N2O3. The number of nitrogens with two attached hydrogens (primary N) is 1. The number of carbonyl (C=O) groups is 1. The number of hydrogen-bond acceptors (Lipinski definition) is 4. The van der Waals surface area contributed by atoms with Crippen LogP contribution in [0.2, 0.25) is 0 Å². The summed E-state index contributed by atoms with van der Waals surface area (Å²) in [5, 5.41) is 0. The van der Waals surface area contributed by atoms with Gasteiger partial charge in [-0.3, -0.25) is 4.79 Å². The zero-order chi connectivity index (χ0) is 11.5. The molecule has 2 rings (SSSR count). The van der Waals surface area contributed by atoms with Crippen LogP contribution in [-0.2, 0) is 0 Å². The van der Waals surface area contributed by atoms with E-state index >= 15 is 0 Å². The van der Waals surface area contributed by atoms with E-state index < -0.39 is 5.63 Å². The summed E-state index contributed by atoms with van der Waals surface area (Å²) in [4.78, 5) is 24.4. The van der Waals surface area contributed by atoms with E-state index in [1.54, 1.807) is 4.90 Å². The first-order chi connectivity index (χ1) is 7.66. The van der Waals surface area contributed by atoms with Crippen LogP contribution in [0.4, 0.5) is 0 Å². The van der Waals surface area contributed by atoms with Gasteiger partial charge in [0.2, 0.25) is 0 Å². The molecule has 0 radical (unpaired) electrons. The third kappa shape index (κ3) is 2.30. The second-order valence-electron chi connectivity index (χ2n) is 3.97. The molecule has 0 aliphatic carbocycles. The minimum Gasteiger partial charge on any atom is -0.430 e. The number of piperidine rings is 1. The van der Waals surface area contributed by atoms with Gasteiger partial charge in [0.15, 0.2) is 0 Å². The van der Waals surface area contributed by atoms with Crippen LogP contribution in [0.25, 0.3) is 0 Å². The summed E-state index contributed by atoms with van der Waals surface area (Å²) in [6.45, 7) is 1.33. The lowest BCUT2D eigenvalue weighted by Gasteiger charge is -2.29. The van der Waals surface area contributed by atoms with Gasteiger partial charge in [-0.15, -0.1) is 0 Å². The first-order valence-corrected chi connectivity index (χ1v) is 5.30. The van der Waals surface area contributed by atoms with Crippen molar-refractivity contribution in [3.05, 3.63) is 34.4 Å². The quantitative estimate of drug-likeness (QED) is 0.736. The molecule has 2 heterocycles. The van der Waals surface area contributed by atoms with Crippen LogP contribution < -0.4 is 11.4 Å². The highest BCUT2D eigenvalue weighted by Crippen LogP contribution is 2.11. The molecule has 1 fully saturated rings. The summed E-state index contributed by atoms with van der Waals surface area (Å²) in [5.41, 5.74) is 5.72. The number of nitrogens with zero attached hydrogens (tertiary/aromatic N) is 1. The van der Waals surface area contributed by atoms with Gasteiger partial charge in [0.25, 0.3) is 5.91 Å². The number of likely N-dealkylation sites (tertiary alicyclic amines) is 1. The van der Waals surface area contributed by atoms with Gasteiger partial charge in [-0.05, 0) is 18.9 Å². The van der Waals surface area contributed by atoms with Crippen molar-refractivity contribution in [1.82, 2.24) is 4.90 Å². The summed E-state index contributed by atoms with van der Waals surface area (Å²) in [5.74, 6) is -0.101. The van der Waals surface area contributed by atoms with E-state index in [2.05, 4.69) is 4.42 Å². The highest BCUT2D eigenvalue weighted by Gasteiger charge is 2.21. The lowest BCUT2D eigenvalue weighted by molar-refractivity contribution is 0.0712. The Morgan fingerprint density at radius 3 is 2.62 bits per heavy atom. The molecular weight excluding hydrogens is 208 g/mol. The van der Waals surface area contributed by atoms with Crippen LogP contribution in [0, 0.1) is 0 Å². The van der Waals surface area contributed by atoms with Crippen molar-refractivity contribution in [2.45, 2.75) is 18.9 Å². The van der Waals surface area contributed by atoms with Gasteiger partial charge in [0, 0.05) is 25.2 Å². The number of amides is 1. The Bertz CT molecular complexity index is 413. The molecule has 1 saturated heterocycles. The molecule has 2 N–H and O–H groups in total. The maximum atomic E-state index is 11.9. The van der Waals surface area contributed by atoms with Crippen LogP contribution in [0.15, 0.2) is 27.6 Å². The molecule has 0 atom stereocenters. The van der Waals surface area contributed by atoms with Crippen molar-refractivity contribution in [3.63, 3.8) is 0 Å². The van der Waals surface area contributed by atoms with Crippen LogP contribution in [-0.4, -0.2) is 29.9 Å². The third-order valence-corrected chi connectivity index (χ3v) is 2.77. The van der Waals surface area contributed by atoms with E-state index in [-0.39, 0.29) is 11.9 Å². The topological polar surface area (TPSA) is 76.5 Å². The first kappa shape index (κ1) is 10.9. The minimum absolute atomic E-state index is 0.101. The summed E-state index contributed by atoms with van der Waals surface area (Å²) >= 11 is 0. The molecule has 0 aromatic carbocycles. The first-order valence-electron chi connectivity index (χ1n) is 5.30. The largest absolute Gasteiger partial charge is 0.430 e. The van der Waals surface area contributed by atoms with Crippen molar-refractivity contribution in [3.8, 4) is 0 Å². The van der Waals surface area contributed by atoms with E-state index in [4.69, 9.17) is 5.73 Å². The van der Waals surface area contributed by atoms with Gasteiger partial charge < -0.3 is 15.1 Å². The summed E-state index contributed by atoms with van der Waals surface area (Å²) in [6.07, 6.45) is 2.85. The maximum absolute atomic E-state index is 11.9. The van der Waals surface area contributed by atoms with Crippen LogP contribution in [0.1, 0.15) is 23.2 Å². The smallest absolute Gasteiger partial charge is 0.335 e. The van der Waals surface area contributed by atoms with Crippen LogP contribution in [0.5, 0.6) is 0 Å². The fourth-order valence-electron chi connectivity index (χ4n) is 1.76. The number of rotatable bonds is 1. The molecule has 1 aliphatic heterocycles. The van der Waals surface area contributed by atoms with Crippen molar-refractivity contribution < 1.29 is 9.21 Å². The molecule has 1 amide bonds. The summed E-state index contributed by atoms with van der Waals surface area (Å²) in [6, 6.07) is 2.93. The molecule has 1 aromatic heterocycles. The zero-order valence-electron chi connectivity index (χ0n) is 8.89. The summed E-state index contributed by atoms with van der Waals surface area (Å²) in [7, 11) is 0. The van der Waals surface area contributed by atoms with Gasteiger partial charge in [0.1, 0.15) is 6.26 Å². The van der Waals surface area contributed by atoms with Gasteiger partial charge in [-0.2, -0.15) is 0 Å². The molecule has 0 spiro atoms. The predicted molar refractivity (Wildman–Crippen MR) is 58.1 cm³/mol. The molecule has 86 valence electrons. The van der Waals surface area contributed by atoms with Crippen molar-refractivity contribution in [2.24, 2.45) is 5.73 Å². The van der Waals surface area contributed by atoms with Crippen molar-refractivity contribution in [1.29, 1.82) is 0 Å². The minimum atomic E-state index is -0.447. The Labute approximate surface area is 92.8 Å². The SMILES string of the molecule is NC1CCN(C(=O)c2ccc(=O)oc2)CC1. The second-order valence-corrected chi connectivity index (χ2v) is 3.97. The van der Waals surface area contributed by atoms with Gasteiger partial charge in [-0.1, -0.05) is 0 Å². The Kier molecular flexibility index (Phi) is 3.05. The molecule has 5 nitrogen and oxygen atoms in total. The molecule has 0 saturated carbocycles. The van der Waals surface area contributed by atoms with E-state index in [0.717, 1.165) is 12.8 Å². The highest BCUT2D eigenvalue weighted by atomic mass is 16.4. The lowest BCUT2D eigenvalue weighted by atomic mass is 10.1. The maximum Gasteiger partial charge on any atom is 0.335 e. The Morgan fingerprint density at radius 1 is 1.38 bits per heavy atom. The normalized spacial score (nSPS) is 17.4. The Balaban J connectivity index is 2.07. The molecule has 16 heavy (non-hydrogen) atoms. The van der Waals surface area contributed by atoms with Crippen molar-refractivity contribution in [2.75, 3.05) is 13.1 Å². The molecule has 0 bridgehead atoms. The fraction of sp³-hybridized carbons (Fsp3) is 0.455. The number of carbonyl (C=O) groups excluding carboxylic acids is 1. The lowest BCUT2D eigenvalue weighted by Crippen LogP contribution is -2.42. The number of hydrogen-bond donors (Lipinski definition) is 1. The highest BCUT2D eigenvalue weighted by molar-refractivity contribution is 5.93. The van der Waals surface area contributed by atoms with E-state index in [0.29, 0.717) is 18.7 Å². The molecule has 5 heteroatoms. The van der Waals surface area contributed by atoms with Gasteiger partial charge in [-0.25, -0.2) is 4.79 Å². The monoisotopic (exact) mass is 222 g/mol. The van der Waals surface area contributed by atoms with Gasteiger partial charge in [0.05, 0.1) is 5.56 Å². The van der Waals surface area contributed by atoms with E-state index in [1.807, 2.05) is 0 Å². The summed E-state index contributed by atoms with van der Waals surface area (Å²) < 4.78 is 4.66. The standard InChI is InChI=1S/C11H14N2O3/c12-9-3-5-13(6-4-9)11(15)8-1-2-10(14)16-7-8/h1-2,7,9H,3-6,12H2. The molecule has 1 aliphatic rings. The fourth-order valence-corrected chi connectivity index (χ4v) is 1.76. The van der Waals surface area contributed by atoms with Crippen LogP contribution in [0.3, 0.4) is 0 Å². The zero-order valence-corrected chi connectivity index (χ0v) is 8.89. The Morgan fingerprint density at radius 2 is 2.06 bits per heavy atom. The second kappa shape index (κ2) is 4.49.